The molecule has 1 N–H and O–H groups in total. The standard InChI is InChI=1S/C18H24N2O/c1-12(2)9-10-13(3)20-18(21)16-11-14(4)19-17-8-6-5-7-15(16)17/h5-8,11-13H,9-10H2,1-4H3,(H,20,21)/t13-/m0/s1. The van der Waals surface area contributed by atoms with Crippen LogP contribution in [0.4, 0.5) is 0 Å². The molecule has 0 radical (unpaired) electrons. The molecule has 0 spiro atoms. The summed E-state index contributed by atoms with van der Waals surface area (Å²) in [5.74, 6) is 0.654. The topological polar surface area (TPSA) is 42.0 Å². The van der Waals surface area contributed by atoms with Crippen molar-refractivity contribution in [1.29, 1.82) is 0 Å². The van der Waals surface area contributed by atoms with Crippen LogP contribution in [0.3, 0.4) is 0 Å². The van der Waals surface area contributed by atoms with Crippen molar-refractivity contribution >= 4 is 16.8 Å². The molecule has 1 atom stereocenters. The summed E-state index contributed by atoms with van der Waals surface area (Å²) in [6, 6.07) is 9.84. The lowest BCUT2D eigenvalue weighted by atomic mass is 10.0. The summed E-state index contributed by atoms with van der Waals surface area (Å²) in [6.07, 6.45) is 2.13. The van der Waals surface area contributed by atoms with Crippen molar-refractivity contribution in [3.63, 3.8) is 0 Å². The van der Waals surface area contributed by atoms with Gasteiger partial charge in [-0.3, -0.25) is 9.78 Å². The molecule has 2 aromatic rings. The quantitative estimate of drug-likeness (QED) is 0.898. The van der Waals surface area contributed by atoms with E-state index < -0.39 is 0 Å². The highest BCUT2D eigenvalue weighted by Crippen LogP contribution is 2.18. The number of carbonyl (C=O) groups is 1. The number of aryl methyl sites for hydroxylation is 1. The van der Waals surface area contributed by atoms with Crippen LogP contribution in [0.1, 0.15) is 49.7 Å². The molecule has 3 heteroatoms. The lowest BCUT2D eigenvalue weighted by molar-refractivity contribution is 0.0938. The van der Waals surface area contributed by atoms with Crippen molar-refractivity contribution in [2.45, 2.75) is 46.6 Å². The van der Waals surface area contributed by atoms with Crippen LogP contribution in [0.5, 0.6) is 0 Å². The van der Waals surface area contributed by atoms with E-state index in [-0.39, 0.29) is 11.9 Å². The molecule has 0 aliphatic heterocycles. The Kier molecular flexibility index (Phi) is 4.94. The average Bonchev–Trinajstić information content (AvgIpc) is 2.44. The molecule has 0 aliphatic rings. The van der Waals surface area contributed by atoms with E-state index in [1.54, 1.807) is 0 Å². The zero-order valence-corrected chi connectivity index (χ0v) is 13.3. The molecule has 0 saturated carbocycles. The fourth-order valence-corrected chi connectivity index (χ4v) is 2.45. The molecule has 2 rings (SSSR count). The van der Waals surface area contributed by atoms with Crippen molar-refractivity contribution in [2.75, 3.05) is 0 Å². The van der Waals surface area contributed by atoms with Crippen molar-refractivity contribution in [2.24, 2.45) is 5.92 Å². The van der Waals surface area contributed by atoms with Crippen molar-refractivity contribution in [1.82, 2.24) is 10.3 Å². The Hall–Kier alpha value is -1.90. The summed E-state index contributed by atoms with van der Waals surface area (Å²) in [4.78, 5) is 17.0. The van der Waals surface area contributed by atoms with Gasteiger partial charge < -0.3 is 5.32 Å². The van der Waals surface area contributed by atoms with E-state index >= 15 is 0 Å². The number of benzene rings is 1. The highest BCUT2D eigenvalue weighted by atomic mass is 16.1. The van der Waals surface area contributed by atoms with Gasteiger partial charge in [0.25, 0.3) is 5.91 Å². The second kappa shape index (κ2) is 6.70. The summed E-state index contributed by atoms with van der Waals surface area (Å²) in [7, 11) is 0. The lowest BCUT2D eigenvalue weighted by Gasteiger charge is -2.16. The summed E-state index contributed by atoms with van der Waals surface area (Å²) >= 11 is 0. The van der Waals surface area contributed by atoms with Gasteiger partial charge in [0, 0.05) is 17.1 Å². The van der Waals surface area contributed by atoms with Gasteiger partial charge in [0.05, 0.1) is 11.1 Å². The number of aromatic nitrogens is 1. The average molecular weight is 284 g/mol. The maximum atomic E-state index is 12.5. The zero-order valence-electron chi connectivity index (χ0n) is 13.3. The highest BCUT2D eigenvalue weighted by Gasteiger charge is 2.14. The van der Waals surface area contributed by atoms with Crippen LogP contribution in [-0.4, -0.2) is 16.9 Å². The largest absolute Gasteiger partial charge is 0.350 e. The number of nitrogens with zero attached hydrogens (tertiary/aromatic N) is 1. The highest BCUT2D eigenvalue weighted by molar-refractivity contribution is 6.06. The molecule has 0 bridgehead atoms. The molecule has 3 nitrogen and oxygen atoms in total. The minimum atomic E-state index is -0.00652. The van der Waals surface area contributed by atoms with Crippen molar-refractivity contribution < 1.29 is 4.79 Å². The fraction of sp³-hybridized carbons (Fsp3) is 0.444. The van der Waals surface area contributed by atoms with E-state index in [1.165, 1.54) is 0 Å². The number of pyridine rings is 1. The Morgan fingerprint density at radius 3 is 2.62 bits per heavy atom. The van der Waals surface area contributed by atoms with Crippen molar-refractivity contribution in [3.8, 4) is 0 Å². The second-order valence-electron chi connectivity index (χ2n) is 6.17. The van der Waals surface area contributed by atoms with Gasteiger partial charge in [0.1, 0.15) is 0 Å². The maximum absolute atomic E-state index is 12.5. The van der Waals surface area contributed by atoms with Crippen LogP contribution in [-0.2, 0) is 0 Å². The second-order valence-corrected chi connectivity index (χ2v) is 6.17. The summed E-state index contributed by atoms with van der Waals surface area (Å²) in [6.45, 7) is 8.39. The first kappa shape index (κ1) is 15.5. The van der Waals surface area contributed by atoms with E-state index in [1.807, 2.05) is 37.3 Å². The molecule has 1 aromatic carbocycles. The number of nitrogens with one attached hydrogen (secondary N) is 1. The smallest absolute Gasteiger partial charge is 0.252 e. The Morgan fingerprint density at radius 1 is 1.19 bits per heavy atom. The van der Waals surface area contributed by atoms with Crippen LogP contribution in [0, 0.1) is 12.8 Å². The molecule has 112 valence electrons. The Balaban J connectivity index is 2.19. The minimum Gasteiger partial charge on any atom is -0.350 e. The van der Waals surface area contributed by atoms with Gasteiger partial charge in [-0.15, -0.1) is 0 Å². The van der Waals surface area contributed by atoms with Crippen LogP contribution in [0.15, 0.2) is 30.3 Å². The van der Waals surface area contributed by atoms with Crippen LogP contribution >= 0.6 is 0 Å². The van der Waals surface area contributed by atoms with E-state index in [0.29, 0.717) is 5.92 Å². The molecule has 21 heavy (non-hydrogen) atoms. The van der Waals surface area contributed by atoms with Crippen LogP contribution in [0.25, 0.3) is 10.9 Å². The molecular formula is C18H24N2O. The zero-order chi connectivity index (χ0) is 15.4. The number of carbonyl (C=O) groups excluding carboxylic acids is 1. The molecule has 0 aliphatic carbocycles. The molecule has 0 unspecified atom stereocenters. The summed E-state index contributed by atoms with van der Waals surface area (Å²) in [5.41, 5.74) is 2.46. The third-order valence-corrected chi connectivity index (χ3v) is 3.64. The summed E-state index contributed by atoms with van der Waals surface area (Å²) < 4.78 is 0. The first-order valence-electron chi connectivity index (χ1n) is 7.64. The van der Waals surface area contributed by atoms with Crippen molar-refractivity contribution in [3.05, 3.63) is 41.6 Å². The number of hydrogen-bond acceptors (Lipinski definition) is 2. The first-order chi connectivity index (χ1) is 9.97. The van der Waals surface area contributed by atoms with Gasteiger partial charge in [-0.1, -0.05) is 32.0 Å². The number of amides is 1. The fourth-order valence-electron chi connectivity index (χ4n) is 2.45. The number of fused-ring (bicyclic) bond motifs is 1. The normalized spacial score (nSPS) is 12.6. The van der Waals surface area contributed by atoms with Crippen LogP contribution < -0.4 is 5.32 Å². The number of hydrogen-bond donors (Lipinski definition) is 1. The van der Waals surface area contributed by atoms with Gasteiger partial charge in [-0.05, 0) is 44.7 Å². The predicted octanol–water partition coefficient (Wildman–Crippen LogP) is 4.10. The minimum absolute atomic E-state index is 0.00652. The van der Waals surface area contributed by atoms with Gasteiger partial charge in [0.2, 0.25) is 0 Å². The van der Waals surface area contributed by atoms with Gasteiger partial charge in [0.15, 0.2) is 0 Å². The Labute approximate surface area is 126 Å². The third-order valence-electron chi connectivity index (χ3n) is 3.64. The van der Waals surface area contributed by atoms with Gasteiger partial charge in [-0.25, -0.2) is 0 Å². The molecule has 0 fully saturated rings. The van der Waals surface area contributed by atoms with Gasteiger partial charge >= 0.3 is 0 Å². The molecule has 0 saturated heterocycles. The first-order valence-corrected chi connectivity index (χ1v) is 7.64. The van der Waals surface area contributed by atoms with Crippen LogP contribution in [0.2, 0.25) is 0 Å². The molecular weight excluding hydrogens is 260 g/mol. The van der Waals surface area contributed by atoms with Gasteiger partial charge in [-0.2, -0.15) is 0 Å². The Bertz CT molecular complexity index is 634. The third kappa shape index (κ3) is 4.03. The monoisotopic (exact) mass is 284 g/mol. The number of para-hydroxylation sites is 1. The number of rotatable bonds is 5. The van der Waals surface area contributed by atoms with E-state index in [4.69, 9.17) is 0 Å². The van der Waals surface area contributed by atoms with E-state index in [0.717, 1.165) is 35.0 Å². The summed E-state index contributed by atoms with van der Waals surface area (Å²) in [5, 5.41) is 4.02. The molecule has 1 amide bonds. The Morgan fingerprint density at radius 2 is 1.90 bits per heavy atom. The molecule has 1 heterocycles. The van der Waals surface area contributed by atoms with E-state index in [2.05, 4.69) is 31.1 Å². The maximum Gasteiger partial charge on any atom is 0.252 e. The predicted molar refractivity (Wildman–Crippen MR) is 87.5 cm³/mol. The van der Waals surface area contributed by atoms with E-state index in [9.17, 15) is 4.79 Å². The lowest BCUT2D eigenvalue weighted by Crippen LogP contribution is -2.33. The molecule has 1 aromatic heterocycles. The SMILES string of the molecule is Cc1cc(C(=O)N[C@@H](C)CCC(C)C)c2ccccc2n1.